The number of sulfonamides is 1. The number of thiophene rings is 1. The van der Waals surface area contributed by atoms with Crippen molar-refractivity contribution in [3.8, 4) is 0 Å². The molecule has 0 aliphatic carbocycles. The molecule has 0 radical (unpaired) electrons. The number of aryl methyl sites for hydroxylation is 2. The molecule has 150 valence electrons. The predicted octanol–water partition coefficient (Wildman–Crippen LogP) is 3.19. The number of ketones is 1. The molecule has 1 saturated heterocycles. The molecule has 0 saturated carbocycles. The van der Waals surface area contributed by atoms with Crippen molar-refractivity contribution in [2.24, 2.45) is 5.92 Å². The van der Waals surface area contributed by atoms with Crippen molar-refractivity contribution >= 4 is 33.1 Å². The first-order valence-corrected chi connectivity index (χ1v) is 11.4. The van der Waals surface area contributed by atoms with Crippen LogP contribution in [-0.4, -0.2) is 44.2 Å². The first-order chi connectivity index (χ1) is 13.3. The van der Waals surface area contributed by atoms with Crippen LogP contribution in [0.25, 0.3) is 0 Å². The third-order valence-corrected chi connectivity index (χ3v) is 8.18. The van der Waals surface area contributed by atoms with E-state index in [1.807, 2.05) is 26.0 Å². The standard InChI is InChI=1S/C20H23NO5S2/c1-14-5-6-17(15(2)12-14)18(22)13-26-20(23)16-7-9-21(10-8-16)28(24,25)19-4-3-11-27-19/h3-6,11-12,16H,7-10,13H2,1-2H3. The second-order valence-electron chi connectivity index (χ2n) is 6.96. The minimum atomic E-state index is -3.49. The molecule has 0 bridgehead atoms. The van der Waals surface area contributed by atoms with Crippen LogP contribution in [0.3, 0.4) is 0 Å². The zero-order valence-electron chi connectivity index (χ0n) is 15.9. The van der Waals surface area contributed by atoms with Gasteiger partial charge in [0.2, 0.25) is 5.78 Å². The fraction of sp³-hybridized carbons (Fsp3) is 0.400. The number of nitrogens with zero attached hydrogens (tertiary/aromatic N) is 1. The largest absolute Gasteiger partial charge is 0.457 e. The van der Waals surface area contributed by atoms with Gasteiger partial charge in [-0.2, -0.15) is 4.31 Å². The van der Waals surface area contributed by atoms with E-state index < -0.39 is 16.0 Å². The van der Waals surface area contributed by atoms with Crippen molar-refractivity contribution in [2.75, 3.05) is 19.7 Å². The highest BCUT2D eigenvalue weighted by Crippen LogP contribution is 2.27. The number of Topliss-reactive ketones (excluding diaryl/α,β-unsaturated/α-hetero) is 1. The summed E-state index contributed by atoms with van der Waals surface area (Å²) in [5.74, 6) is -1.06. The summed E-state index contributed by atoms with van der Waals surface area (Å²) in [5.41, 5.74) is 2.47. The lowest BCUT2D eigenvalue weighted by molar-refractivity contribution is -0.148. The molecule has 6 nitrogen and oxygen atoms in total. The van der Waals surface area contributed by atoms with Crippen LogP contribution in [0.2, 0.25) is 0 Å². The van der Waals surface area contributed by atoms with Gasteiger partial charge in [0.15, 0.2) is 6.61 Å². The number of rotatable bonds is 6. The average molecular weight is 422 g/mol. The van der Waals surface area contributed by atoms with Gasteiger partial charge in [0.1, 0.15) is 4.21 Å². The summed E-state index contributed by atoms with van der Waals surface area (Å²) in [7, 11) is -3.49. The summed E-state index contributed by atoms with van der Waals surface area (Å²) in [4.78, 5) is 24.6. The fourth-order valence-corrected chi connectivity index (χ4v) is 5.94. The molecule has 8 heteroatoms. The lowest BCUT2D eigenvalue weighted by Crippen LogP contribution is -2.40. The highest BCUT2D eigenvalue weighted by Gasteiger charge is 2.33. The topological polar surface area (TPSA) is 80.8 Å². The van der Waals surface area contributed by atoms with Crippen molar-refractivity contribution in [1.82, 2.24) is 4.31 Å². The van der Waals surface area contributed by atoms with Gasteiger partial charge in [0.05, 0.1) is 5.92 Å². The van der Waals surface area contributed by atoms with E-state index in [2.05, 4.69) is 0 Å². The van der Waals surface area contributed by atoms with Crippen molar-refractivity contribution < 1.29 is 22.7 Å². The van der Waals surface area contributed by atoms with Crippen molar-refractivity contribution in [1.29, 1.82) is 0 Å². The monoisotopic (exact) mass is 421 g/mol. The number of piperidine rings is 1. The van der Waals surface area contributed by atoms with Gasteiger partial charge in [-0.3, -0.25) is 9.59 Å². The smallest absolute Gasteiger partial charge is 0.309 e. The number of benzene rings is 1. The van der Waals surface area contributed by atoms with E-state index in [4.69, 9.17) is 4.74 Å². The highest BCUT2D eigenvalue weighted by molar-refractivity contribution is 7.91. The van der Waals surface area contributed by atoms with Crippen LogP contribution in [0, 0.1) is 19.8 Å². The highest BCUT2D eigenvalue weighted by atomic mass is 32.2. The number of esters is 1. The second kappa shape index (κ2) is 8.55. The summed E-state index contributed by atoms with van der Waals surface area (Å²) >= 11 is 1.18. The van der Waals surface area contributed by atoms with Crippen LogP contribution < -0.4 is 0 Å². The zero-order valence-corrected chi connectivity index (χ0v) is 17.5. The Morgan fingerprint density at radius 1 is 1.18 bits per heavy atom. The van der Waals surface area contributed by atoms with Crippen molar-refractivity contribution in [3.63, 3.8) is 0 Å². The Balaban J connectivity index is 1.52. The van der Waals surface area contributed by atoms with Gasteiger partial charge in [-0.25, -0.2) is 8.42 Å². The maximum atomic E-state index is 12.5. The number of carbonyl (C=O) groups excluding carboxylic acids is 2. The molecular formula is C20H23NO5S2. The van der Waals surface area contributed by atoms with Crippen LogP contribution in [0.5, 0.6) is 0 Å². The zero-order chi connectivity index (χ0) is 20.3. The van der Waals surface area contributed by atoms with Gasteiger partial charge in [0, 0.05) is 18.7 Å². The summed E-state index contributed by atoms with van der Waals surface area (Å²) in [5, 5.41) is 1.73. The summed E-state index contributed by atoms with van der Waals surface area (Å²) < 4.78 is 32.0. The van der Waals surface area contributed by atoms with E-state index in [1.165, 1.54) is 15.6 Å². The number of carbonyl (C=O) groups is 2. The normalized spacial score (nSPS) is 16.1. The molecular weight excluding hydrogens is 398 g/mol. The number of hydrogen-bond donors (Lipinski definition) is 0. The molecule has 1 fully saturated rings. The maximum absolute atomic E-state index is 12.5. The van der Waals surface area contributed by atoms with Gasteiger partial charge >= 0.3 is 5.97 Å². The average Bonchev–Trinajstić information content (AvgIpc) is 3.21. The minimum Gasteiger partial charge on any atom is -0.457 e. The first kappa shape index (κ1) is 20.7. The molecule has 1 aromatic heterocycles. The molecule has 0 spiro atoms. The van der Waals surface area contributed by atoms with Crippen LogP contribution in [0.4, 0.5) is 0 Å². The second-order valence-corrected chi connectivity index (χ2v) is 10.1. The first-order valence-electron chi connectivity index (χ1n) is 9.10. The SMILES string of the molecule is Cc1ccc(C(=O)COC(=O)C2CCN(S(=O)(=O)c3cccs3)CC2)c(C)c1. The van der Waals surface area contributed by atoms with E-state index in [-0.39, 0.29) is 31.4 Å². The van der Waals surface area contributed by atoms with E-state index in [0.29, 0.717) is 22.6 Å². The molecule has 0 unspecified atom stereocenters. The van der Waals surface area contributed by atoms with E-state index in [9.17, 15) is 18.0 Å². The van der Waals surface area contributed by atoms with E-state index >= 15 is 0 Å². The summed E-state index contributed by atoms with van der Waals surface area (Å²) in [6.07, 6.45) is 0.780. The molecule has 0 atom stereocenters. The number of ether oxygens (including phenoxy) is 1. The van der Waals surface area contributed by atoms with Crippen LogP contribution in [0.1, 0.15) is 34.3 Å². The van der Waals surface area contributed by atoms with Gasteiger partial charge < -0.3 is 4.74 Å². The Kier molecular flexibility index (Phi) is 6.32. The predicted molar refractivity (Wildman–Crippen MR) is 107 cm³/mol. The Hall–Kier alpha value is -2.03. The molecule has 3 rings (SSSR count). The van der Waals surface area contributed by atoms with Crippen LogP contribution >= 0.6 is 11.3 Å². The molecule has 1 aliphatic heterocycles. The third kappa shape index (κ3) is 4.51. The van der Waals surface area contributed by atoms with Crippen LogP contribution in [-0.2, 0) is 19.6 Å². The van der Waals surface area contributed by atoms with Gasteiger partial charge in [0.25, 0.3) is 10.0 Å². The molecule has 2 heterocycles. The lowest BCUT2D eigenvalue weighted by Gasteiger charge is -2.29. The minimum absolute atomic E-state index is 0.233. The summed E-state index contributed by atoms with van der Waals surface area (Å²) in [6.45, 7) is 4.05. The van der Waals surface area contributed by atoms with E-state index in [0.717, 1.165) is 11.1 Å². The maximum Gasteiger partial charge on any atom is 0.309 e. The van der Waals surface area contributed by atoms with Crippen molar-refractivity contribution in [3.05, 3.63) is 52.4 Å². The van der Waals surface area contributed by atoms with E-state index in [1.54, 1.807) is 23.6 Å². The Labute approximate surface area is 169 Å². The Bertz CT molecular complexity index is 958. The molecule has 0 amide bonds. The third-order valence-electron chi connectivity index (χ3n) is 4.90. The molecule has 28 heavy (non-hydrogen) atoms. The quantitative estimate of drug-likeness (QED) is 0.529. The molecule has 0 N–H and O–H groups in total. The van der Waals surface area contributed by atoms with Gasteiger partial charge in [-0.15, -0.1) is 11.3 Å². The summed E-state index contributed by atoms with van der Waals surface area (Å²) in [6, 6.07) is 8.80. The van der Waals surface area contributed by atoms with Gasteiger partial charge in [-0.1, -0.05) is 29.8 Å². The Morgan fingerprint density at radius 2 is 1.89 bits per heavy atom. The fourth-order valence-electron chi connectivity index (χ4n) is 3.33. The number of hydrogen-bond acceptors (Lipinski definition) is 6. The molecule has 1 aromatic carbocycles. The van der Waals surface area contributed by atoms with Gasteiger partial charge in [-0.05, 0) is 43.7 Å². The Morgan fingerprint density at radius 3 is 2.50 bits per heavy atom. The van der Waals surface area contributed by atoms with Crippen LogP contribution in [0.15, 0.2) is 39.9 Å². The lowest BCUT2D eigenvalue weighted by atomic mass is 9.98. The molecule has 1 aliphatic rings. The molecule has 2 aromatic rings. The van der Waals surface area contributed by atoms with Crippen molar-refractivity contribution in [2.45, 2.75) is 30.9 Å².